The van der Waals surface area contributed by atoms with Gasteiger partial charge in [0.25, 0.3) is 5.56 Å². The van der Waals surface area contributed by atoms with Gasteiger partial charge in [0.15, 0.2) is 17.0 Å². The predicted molar refractivity (Wildman–Crippen MR) is 114 cm³/mol. The highest BCUT2D eigenvalue weighted by Crippen LogP contribution is 2.58. The maximum absolute atomic E-state index is 12.7. The van der Waals surface area contributed by atoms with Gasteiger partial charge in [-0.05, 0) is 30.0 Å². The molecule has 0 amide bonds. The number of fused-ring (bicyclic) bond motifs is 2. The first-order chi connectivity index (χ1) is 15.5. The van der Waals surface area contributed by atoms with Crippen LogP contribution in [-0.2, 0) is 13.6 Å². The molecule has 1 aromatic carbocycles. The molecule has 1 aliphatic carbocycles. The summed E-state index contributed by atoms with van der Waals surface area (Å²) < 4.78 is 8.54. The largest absolute Gasteiger partial charge is 0.371 e. The van der Waals surface area contributed by atoms with Crippen molar-refractivity contribution in [3.63, 3.8) is 0 Å². The third kappa shape index (κ3) is 2.89. The van der Waals surface area contributed by atoms with E-state index in [0.717, 1.165) is 18.8 Å². The zero-order chi connectivity index (χ0) is 22.0. The van der Waals surface area contributed by atoms with Crippen molar-refractivity contribution in [3.05, 3.63) is 63.5 Å². The molecule has 1 unspecified atom stereocenters. The van der Waals surface area contributed by atoms with Crippen molar-refractivity contribution in [2.45, 2.75) is 12.5 Å². The molecule has 3 aromatic heterocycles. The summed E-state index contributed by atoms with van der Waals surface area (Å²) >= 11 is 6.18. The molecule has 2 aliphatic rings. The quantitative estimate of drug-likeness (QED) is 0.464. The molecule has 2 fully saturated rings. The maximum atomic E-state index is 12.7. The van der Waals surface area contributed by atoms with Gasteiger partial charge in [-0.15, -0.1) is 0 Å². The van der Waals surface area contributed by atoms with E-state index in [4.69, 9.17) is 21.4 Å². The summed E-state index contributed by atoms with van der Waals surface area (Å²) in [5, 5.41) is 13.7. The summed E-state index contributed by atoms with van der Waals surface area (Å²) in [4.78, 5) is 27.8. The Hall–Kier alpha value is -3.71. The third-order valence-corrected chi connectivity index (χ3v) is 6.73. The van der Waals surface area contributed by atoms with Gasteiger partial charge in [-0.3, -0.25) is 9.36 Å². The first-order valence-electron chi connectivity index (χ1n) is 10.2. The summed E-state index contributed by atoms with van der Waals surface area (Å²) in [6.07, 6.45) is 3.02. The molecule has 0 spiro atoms. The second kappa shape index (κ2) is 6.90. The number of anilines is 1. The molecule has 4 aromatic rings. The molecule has 3 atom stereocenters. The van der Waals surface area contributed by atoms with Crippen molar-refractivity contribution in [1.82, 2.24) is 29.2 Å². The van der Waals surface area contributed by atoms with Crippen molar-refractivity contribution < 1.29 is 4.52 Å². The average molecular weight is 449 g/mol. The summed E-state index contributed by atoms with van der Waals surface area (Å²) in [6.45, 7) is 1.92. The lowest BCUT2D eigenvalue weighted by Crippen LogP contribution is -2.24. The van der Waals surface area contributed by atoms with Gasteiger partial charge in [0.2, 0.25) is 5.89 Å². The molecule has 160 valence electrons. The number of aromatic nitrogens is 6. The van der Waals surface area contributed by atoms with Crippen LogP contribution in [0, 0.1) is 23.2 Å². The first kappa shape index (κ1) is 19.0. The van der Waals surface area contributed by atoms with E-state index < -0.39 is 0 Å². The van der Waals surface area contributed by atoms with E-state index in [2.05, 4.69) is 31.1 Å². The van der Waals surface area contributed by atoms with Crippen LogP contribution < -0.4 is 10.5 Å². The highest BCUT2D eigenvalue weighted by atomic mass is 35.5. The van der Waals surface area contributed by atoms with Crippen LogP contribution in [-0.4, -0.2) is 42.3 Å². The van der Waals surface area contributed by atoms with Gasteiger partial charge in [-0.2, -0.15) is 10.2 Å². The van der Waals surface area contributed by atoms with Gasteiger partial charge in [-0.25, -0.2) is 9.97 Å². The van der Waals surface area contributed by atoms with Crippen molar-refractivity contribution in [2.75, 3.05) is 18.0 Å². The van der Waals surface area contributed by atoms with Crippen LogP contribution in [0.1, 0.15) is 23.2 Å². The predicted octanol–water partition coefficient (Wildman–Crippen LogP) is 1.94. The van der Waals surface area contributed by atoms with E-state index in [1.165, 1.54) is 10.9 Å². The lowest BCUT2D eigenvalue weighted by Gasteiger charge is -2.21. The SMILES string of the molecule is Cn1cnc2ncn(Cc3nc(C4[C@H]5CN(c6ccc(C#N)c(Cl)c6)C[C@@H]45)no3)c(=O)c21. The number of nitrogens with zero attached hydrogens (tertiary/aromatic N) is 8. The average Bonchev–Trinajstić information content (AvgIpc) is 3.21. The Balaban J connectivity index is 1.15. The number of rotatable bonds is 4. The minimum absolute atomic E-state index is 0.165. The molecule has 11 heteroatoms. The fourth-order valence-electron chi connectivity index (χ4n) is 4.71. The molecule has 1 aliphatic heterocycles. The lowest BCUT2D eigenvalue weighted by molar-refractivity contribution is 0.363. The number of hydrogen-bond acceptors (Lipinski definition) is 8. The Morgan fingerprint density at radius 3 is 2.78 bits per heavy atom. The van der Waals surface area contributed by atoms with E-state index in [1.54, 1.807) is 24.0 Å². The van der Waals surface area contributed by atoms with Crippen LogP contribution in [0.5, 0.6) is 0 Å². The highest BCUT2D eigenvalue weighted by Gasteiger charge is 2.58. The molecule has 0 bridgehead atoms. The lowest BCUT2D eigenvalue weighted by atomic mass is 10.2. The summed E-state index contributed by atoms with van der Waals surface area (Å²) in [5.41, 5.74) is 2.15. The van der Waals surface area contributed by atoms with Crippen molar-refractivity contribution in [1.29, 1.82) is 5.26 Å². The Kier molecular flexibility index (Phi) is 4.10. The minimum atomic E-state index is -0.199. The van der Waals surface area contributed by atoms with E-state index >= 15 is 0 Å². The highest BCUT2D eigenvalue weighted by molar-refractivity contribution is 6.32. The van der Waals surface area contributed by atoms with Gasteiger partial charge in [0, 0.05) is 31.7 Å². The molecule has 6 rings (SSSR count). The fraction of sp³-hybridized carbons (Fsp3) is 0.333. The van der Waals surface area contributed by atoms with Crippen LogP contribution in [0.2, 0.25) is 5.02 Å². The zero-order valence-electron chi connectivity index (χ0n) is 17.0. The summed E-state index contributed by atoms with van der Waals surface area (Å²) in [7, 11) is 1.76. The minimum Gasteiger partial charge on any atom is -0.371 e. The number of aryl methyl sites for hydroxylation is 1. The zero-order valence-corrected chi connectivity index (χ0v) is 17.8. The van der Waals surface area contributed by atoms with E-state index in [0.29, 0.717) is 45.3 Å². The molecule has 10 nitrogen and oxygen atoms in total. The molecule has 4 heterocycles. The Bertz CT molecular complexity index is 1450. The van der Waals surface area contributed by atoms with Gasteiger partial charge >= 0.3 is 0 Å². The van der Waals surface area contributed by atoms with Crippen LogP contribution >= 0.6 is 11.6 Å². The summed E-state index contributed by atoms with van der Waals surface area (Å²) in [6, 6.07) is 7.62. The second-order valence-corrected chi connectivity index (χ2v) is 8.69. The summed E-state index contributed by atoms with van der Waals surface area (Å²) in [5.74, 6) is 2.23. The van der Waals surface area contributed by atoms with E-state index in [9.17, 15) is 4.79 Å². The molecule has 0 N–H and O–H groups in total. The normalized spacial score (nSPS) is 21.7. The van der Waals surface area contributed by atoms with Crippen LogP contribution in [0.4, 0.5) is 5.69 Å². The number of nitriles is 1. The maximum Gasteiger partial charge on any atom is 0.280 e. The topological polar surface area (TPSA) is 119 Å². The third-order valence-electron chi connectivity index (χ3n) is 6.42. The standard InChI is InChI=1S/C21H17ClN8O2/c1-28-9-24-20-18(28)21(31)30(10-25-20)8-16-26-19(27-32-16)17-13-6-29(7-14(13)17)12-3-2-11(5-23)15(22)4-12/h2-4,9-10,13-14,17H,6-8H2,1H3/t13-,14+,17?. The molecular formula is C21H17ClN8O2. The number of piperidine rings is 1. The second-order valence-electron chi connectivity index (χ2n) is 8.29. The van der Waals surface area contributed by atoms with Crippen LogP contribution in [0.15, 0.2) is 40.2 Å². The molecule has 1 saturated carbocycles. The number of benzene rings is 1. The number of hydrogen-bond donors (Lipinski definition) is 0. The smallest absolute Gasteiger partial charge is 0.280 e. The van der Waals surface area contributed by atoms with Gasteiger partial charge in [-0.1, -0.05) is 16.8 Å². The first-order valence-corrected chi connectivity index (χ1v) is 10.5. The monoisotopic (exact) mass is 448 g/mol. The number of imidazole rings is 1. The molecule has 1 saturated heterocycles. The molecule has 32 heavy (non-hydrogen) atoms. The van der Waals surface area contributed by atoms with Gasteiger partial charge < -0.3 is 14.0 Å². The van der Waals surface area contributed by atoms with Gasteiger partial charge in [0.05, 0.1) is 16.9 Å². The molecule has 0 radical (unpaired) electrons. The van der Waals surface area contributed by atoms with E-state index in [1.807, 2.05) is 12.1 Å². The van der Waals surface area contributed by atoms with Crippen LogP contribution in [0.25, 0.3) is 11.2 Å². The number of halogens is 1. The van der Waals surface area contributed by atoms with Crippen molar-refractivity contribution in [3.8, 4) is 6.07 Å². The van der Waals surface area contributed by atoms with Crippen molar-refractivity contribution >= 4 is 28.5 Å². The Morgan fingerprint density at radius 1 is 1.25 bits per heavy atom. The van der Waals surface area contributed by atoms with Crippen LogP contribution in [0.3, 0.4) is 0 Å². The fourth-order valence-corrected chi connectivity index (χ4v) is 4.93. The Labute approximate surface area is 186 Å². The van der Waals surface area contributed by atoms with Crippen molar-refractivity contribution in [2.24, 2.45) is 18.9 Å². The molecular weight excluding hydrogens is 432 g/mol. The van der Waals surface area contributed by atoms with E-state index in [-0.39, 0.29) is 18.0 Å². The van der Waals surface area contributed by atoms with Gasteiger partial charge in [0.1, 0.15) is 18.9 Å². The Morgan fingerprint density at radius 2 is 2.03 bits per heavy atom.